The SMILES string of the molecule is Cc1cc(Nc2ccc(OC(C)C)cc2)nc(N2CCN(C)CC2)n1. The number of hydrogen-bond acceptors (Lipinski definition) is 6. The molecule has 0 bridgehead atoms. The molecule has 134 valence electrons. The highest BCUT2D eigenvalue weighted by Crippen LogP contribution is 2.22. The third kappa shape index (κ3) is 4.82. The van der Waals surface area contributed by atoms with Crippen molar-refractivity contribution >= 4 is 17.5 Å². The first-order chi connectivity index (χ1) is 12.0. The summed E-state index contributed by atoms with van der Waals surface area (Å²) in [7, 11) is 2.15. The van der Waals surface area contributed by atoms with Crippen LogP contribution in [-0.2, 0) is 0 Å². The normalized spacial score (nSPS) is 15.5. The maximum Gasteiger partial charge on any atom is 0.227 e. The molecule has 2 heterocycles. The maximum atomic E-state index is 5.68. The van der Waals surface area contributed by atoms with E-state index in [9.17, 15) is 0 Å². The molecule has 6 heteroatoms. The summed E-state index contributed by atoms with van der Waals surface area (Å²) in [4.78, 5) is 13.9. The van der Waals surface area contributed by atoms with Gasteiger partial charge in [0.05, 0.1) is 6.10 Å². The van der Waals surface area contributed by atoms with Crippen molar-refractivity contribution in [3.8, 4) is 5.75 Å². The molecule has 0 radical (unpaired) electrons. The lowest BCUT2D eigenvalue weighted by Crippen LogP contribution is -2.45. The molecule has 0 amide bonds. The van der Waals surface area contributed by atoms with Gasteiger partial charge in [0.1, 0.15) is 11.6 Å². The summed E-state index contributed by atoms with van der Waals surface area (Å²) in [5, 5.41) is 3.37. The average molecular weight is 341 g/mol. The van der Waals surface area contributed by atoms with Crippen LogP contribution in [0, 0.1) is 6.92 Å². The molecule has 0 aliphatic carbocycles. The molecule has 25 heavy (non-hydrogen) atoms. The van der Waals surface area contributed by atoms with Crippen molar-refractivity contribution in [1.29, 1.82) is 0 Å². The smallest absolute Gasteiger partial charge is 0.227 e. The molecular formula is C19H27N5O. The van der Waals surface area contributed by atoms with E-state index in [-0.39, 0.29) is 6.10 Å². The van der Waals surface area contributed by atoms with Crippen LogP contribution in [0.25, 0.3) is 0 Å². The van der Waals surface area contributed by atoms with Crippen LogP contribution in [0.2, 0.25) is 0 Å². The number of likely N-dealkylation sites (N-methyl/N-ethyl adjacent to an activating group) is 1. The molecule has 1 N–H and O–H groups in total. The second-order valence-corrected chi connectivity index (χ2v) is 6.80. The lowest BCUT2D eigenvalue weighted by molar-refractivity contribution is 0.242. The Bertz CT molecular complexity index is 693. The number of piperazine rings is 1. The van der Waals surface area contributed by atoms with Gasteiger partial charge in [0.2, 0.25) is 5.95 Å². The number of nitrogens with zero attached hydrogens (tertiary/aromatic N) is 4. The summed E-state index contributed by atoms with van der Waals surface area (Å²) in [6, 6.07) is 9.92. The summed E-state index contributed by atoms with van der Waals surface area (Å²) in [5.41, 5.74) is 1.95. The highest BCUT2D eigenvalue weighted by Gasteiger charge is 2.17. The van der Waals surface area contributed by atoms with E-state index in [2.05, 4.69) is 27.1 Å². The minimum absolute atomic E-state index is 0.175. The summed E-state index contributed by atoms with van der Waals surface area (Å²) in [5.74, 6) is 2.49. The van der Waals surface area contributed by atoms with E-state index < -0.39 is 0 Å². The van der Waals surface area contributed by atoms with Gasteiger partial charge in [-0.3, -0.25) is 0 Å². The van der Waals surface area contributed by atoms with Gasteiger partial charge in [0.15, 0.2) is 0 Å². The van der Waals surface area contributed by atoms with Crippen LogP contribution in [0.3, 0.4) is 0 Å². The number of aromatic nitrogens is 2. The summed E-state index contributed by atoms with van der Waals surface area (Å²) in [6.07, 6.45) is 0.175. The summed E-state index contributed by atoms with van der Waals surface area (Å²) < 4.78 is 5.68. The topological polar surface area (TPSA) is 53.5 Å². The van der Waals surface area contributed by atoms with Gasteiger partial charge in [-0.2, -0.15) is 4.98 Å². The third-order valence-electron chi connectivity index (χ3n) is 4.13. The number of aryl methyl sites for hydroxylation is 1. The molecule has 6 nitrogen and oxygen atoms in total. The average Bonchev–Trinajstić information content (AvgIpc) is 2.56. The fourth-order valence-corrected chi connectivity index (χ4v) is 2.80. The molecule has 0 atom stereocenters. The lowest BCUT2D eigenvalue weighted by atomic mass is 10.3. The number of anilines is 3. The highest BCUT2D eigenvalue weighted by atomic mass is 16.5. The number of nitrogens with one attached hydrogen (secondary N) is 1. The van der Waals surface area contributed by atoms with Gasteiger partial charge in [0, 0.05) is 43.6 Å². The predicted octanol–water partition coefficient (Wildman–Crippen LogP) is 3.07. The molecule has 1 aliphatic heterocycles. The van der Waals surface area contributed by atoms with Crippen LogP contribution < -0.4 is 15.0 Å². The third-order valence-corrected chi connectivity index (χ3v) is 4.13. The van der Waals surface area contributed by atoms with Crippen molar-refractivity contribution in [3.63, 3.8) is 0 Å². The van der Waals surface area contributed by atoms with Gasteiger partial charge in [-0.05, 0) is 52.1 Å². The molecule has 1 saturated heterocycles. The lowest BCUT2D eigenvalue weighted by Gasteiger charge is -2.32. The maximum absolute atomic E-state index is 5.68. The Labute approximate surface area is 149 Å². The molecule has 1 fully saturated rings. The first-order valence-electron chi connectivity index (χ1n) is 8.82. The zero-order chi connectivity index (χ0) is 17.8. The quantitative estimate of drug-likeness (QED) is 0.902. The highest BCUT2D eigenvalue weighted by molar-refractivity contribution is 5.58. The van der Waals surface area contributed by atoms with Gasteiger partial charge in [-0.25, -0.2) is 4.98 Å². The van der Waals surface area contributed by atoms with E-state index in [1.165, 1.54) is 0 Å². The molecule has 0 spiro atoms. The second-order valence-electron chi connectivity index (χ2n) is 6.80. The zero-order valence-electron chi connectivity index (χ0n) is 15.5. The minimum Gasteiger partial charge on any atom is -0.491 e. The van der Waals surface area contributed by atoms with Gasteiger partial charge in [-0.15, -0.1) is 0 Å². The molecule has 1 aromatic heterocycles. The zero-order valence-corrected chi connectivity index (χ0v) is 15.5. The van der Waals surface area contributed by atoms with Crippen molar-refractivity contribution in [3.05, 3.63) is 36.0 Å². The Balaban J connectivity index is 1.72. The predicted molar refractivity (Wildman–Crippen MR) is 102 cm³/mol. The first kappa shape index (κ1) is 17.5. The number of benzene rings is 1. The van der Waals surface area contributed by atoms with E-state index in [1.807, 2.05) is 51.1 Å². The van der Waals surface area contributed by atoms with E-state index in [0.717, 1.165) is 55.1 Å². The van der Waals surface area contributed by atoms with E-state index in [0.29, 0.717) is 0 Å². The summed E-state index contributed by atoms with van der Waals surface area (Å²) in [6.45, 7) is 10.0. The largest absolute Gasteiger partial charge is 0.491 e. The standard InChI is InChI=1S/C19H27N5O/c1-14(2)25-17-7-5-16(6-8-17)21-18-13-15(3)20-19(22-18)24-11-9-23(4)10-12-24/h5-8,13-14H,9-12H2,1-4H3,(H,20,21,22). The van der Waals surface area contributed by atoms with Gasteiger partial charge < -0.3 is 19.9 Å². The fraction of sp³-hybridized carbons (Fsp3) is 0.474. The second kappa shape index (κ2) is 7.70. The van der Waals surface area contributed by atoms with Crippen molar-refractivity contribution in [1.82, 2.24) is 14.9 Å². The molecule has 1 aliphatic rings. The van der Waals surface area contributed by atoms with Crippen molar-refractivity contribution in [2.45, 2.75) is 26.9 Å². The van der Waals surface area contributed by atoms with Gasteiger partial charge >= 0.3 is 0 Å². The van der Waals surface area contributed by atoms with E-state index in [4.69, 9.17) is 9.72 Å². The van der Waals surface area contributed by atoms with Crippen LogP contribution in [0.5, 0.6) is 5.75 Å². The van der Waals surface area contributed by atoms with E-state index >= 15 is 0 Å². The van der Waals surface area contributed by atoms with Crippen LogP contribution in [0.1, 0.15) is 19.5 Å². The molecule has 0 unspecified atom stereocenters. The Hall–Kier alpha value is -2.34. The molecule has 2 aromatic rings. The molecular weight excluding hydrogens is 314 g/mol. The minimum atomic E-state index is 0.175. The van der Waals surface area contributed by atoms with E-state index in [1.54, 1.807) is 0 Å². The van der Waals surface area contributed by atoms with Crippen LogP contribution in [0.4, 0.5) is 17.5 Å². The van der Waals surface area contributed by atoms with Crippen LogP contribution >= 0.6 is 0 Å². The van der Waals surface area contributed by atoms with Crippen LogP contribution in [0.15, 0.2) is 30.3 Å². The monoisotopic (exact) mass is 341 g/mol. The van der Waals surface area contributed by atoms with Gasteiger partial charge in [0.25, 0.3) is 0 Å². The van der Waals surface area contributed by atoms with Gasteiger partial charge in [-0.1, -0.05) is 0 Å². The fourth-order valence-electron chi connectivity index (χ4n) is 2.80. The molecule has 3 rings (SSSR count). The number of ether oxygens (including phenoxy) is 1. The van der Waals surface area contributed by atoms with Crippen molar-refractivity contribution < 1.29 is 4.74 Å². The Morgan fingerprint density at radius 2 is 1.72 bits per heavy atom. The van der Waals surface area contributed by atoms with Crippen molar-refractivity contribution in [2.75, 3.05) is 43.4 Å². The van der Waals surface area contributed by atoms with Crippen molar-refractivity contribution in [2.24, 2.45) is 0 Å². The summed E-state index contributed by atoms with van der Waals surface area (Å²) >= 11 is 0. The first-order valence-corrected chi connectivity index (χ1v) is 8.82. The molecule has 0 saturated carbocycles. The number of rotatable bonds is 5. The Morgan fingerprint density at radius 1 is 1.04 bits per heavy atom. The molecule has 1 aromatic carbocycles. The Kier molecular flexibility index (Phi) is 5.38. The Morgan fingerprint density at radius 3 is 2.36 bits per heavy atom. The van der Waals surface area contributed by atoms with Crippen LogP contribution in [-0.4, -0.2) is 54.2 Å². The number of hydrogen-bond donors (Lipinski definition) is 1.